The van der Waals surface area contributed by atoms with E-state index < -0.39 is 0 Å². The highest BCUT2D eigenvalue weighted by Gasteiger charge is 2.15. The molecule has 1 aliphatic carbocycles. The van der Waals surface area contributed by atoms with Crippen molar-refractivity contribution in [3.05, 3.63) is 77.4 Å². The molecule has 1 aromatic carbocycles. The predicted octanol–water partition coefficient (Wildman–Crippen LogP) is 4.06. The molecule has 0 bridgehead atoms. The van der Waals surface area contributed by atoms with E-state index in [2.05, 4.69) is 16.7 Å². The highest BCUT2D eigenvalue weighted by Crippen LogP contribution is 2.19. The number of amides is 2. The lowest BCUT2D eigenvalue weighted by Gasteiger charge is -2.14. The second kappa shape index (κ2) is 9.57. The van der Waals surface area contributed by atoms with Gasteiger partial charge in [-0.05, 0) is 56.4 Å². The first kappa shape index (κ1) is 18.7. The number of carbonyl (C=O) groups excluding carboxylic acids is 2. The van der Waals surface area contributed by atoms with E-state index >= 15 is 0 Å². The zero-order chi connectivity index (χ0) is 18.9. The van der Waals surface area contributed by atoms with Gasteiger partial charge >= 0.3 is 0 Å². The van der Waals surface area contributed by atoms with Gasteiger partial charge in [-0.1, -0.05) is 29.8 Å². The van der Waals surface area contributed by atoms with E-state index in [0.29, 0.717) is 17.9 Å². The Kier molecular flexibility index (Phi) is 6.63. The third kappa shape index (κ3) is 5.71. The number of hydrogen-bond acceptors (Lipinski definition) is 3. The average Bonchev–Trinajstić information content (AvgIpc) is 3.22. The van der Waals surface area contributed by atoms with Crippen molar-refractivity contribution in [1.82, 2.24) is 10.6 Å². The number of nitrogens with one attached hydrogen (secondary N) is 2. The van der Waals surface area contributed by atoms with Gasteiger partial charge in [0.25, 0.3) is 11.8 Å². The fraction of sp³-hybridized carbons (Fsp3) is 0.273. The van der Waals surface area contributed by atoms with Crippen LogP contribution in [-0.4, -0.2) is 18.4 Å². The molecule has 0 spiro atoms. The van der Waals surface area contributed by atoms with Crippen LogP contribution in [0.2, 0.25) is 0 Å². The minimum Gasteiger partial charge on any atom is -0.465 e. The van der Waals surface area contributed by atoms with E-state index in [-0.39, 0.29) is 17.5 Å². The number of furan rings is 1. The van der Waals surface area contributed by atoms with Crippen LogP contribution in [0, 0.1) is 0 Å². The maximum absolute atomic E-state index is 12.6. The van der Waals surface area contributed by atoms with Crippen LogP contribution in [-0.2, 0) is 4.79 Å². The SMILES string of the molecule is O=C(NCCC1=CCCCC1)/C(=C\c1ccco1)NC(=O)c1ccccc1. The molecule has 1 aromatic heterocycles. The summed E-state index contributed by atoms with van der Waals surface area (Å²) in [7, 11) is 0. The molecule has 5 nitrogen and oxygen atoms in total. The van der Waals surface area contributed by atoms with Crippen LogP contribution in [0.4, 0.5) is 0 Å². The van der Waals surface area contributed by atoms with Gasteiger partial charge in [0, 0.05) is 18.2 Å². The molecule has 0 fully saturated rings. The molecule has 0 radical (unpaired) electrons. The van der Waals surface area contributed by atoms with Crippen molar-refractivity contribution in [2.75, 3.05) is 6.54 Å². The summed E-state index contributed by atoms with van der Waals surface area (Å²) in [5.74, 6) is -0.158. The first-order chi connectivity index (χ1) is 13.2. The van der Waals surface area contributed by atoms with Gasteiger partial charge < -0.3 is 15.1 Å². The smallest absolute Gasteiger partial charge is 0.267 e. The van der Waals surface area contributed by atoms with E-state index in [0.717, 1.165) is 19.3 Å². The highest BCUT2D eigenvalue weighted by molar-refractivity contribution is 6.05. The minimum absolute atomic E-state index is 0.163. The summed E-state index contributed by atoms with van der Waals surface area (Å²) in [6, 6.07) is 12.3. The Morgan fingerprint density at radius 2 is 1.93 bits per heavy atom. The van der Waals surface area contributed by atoms with Gasteiger partial charge in [0.2, 0.25) is 0 Å². The van der Waals surface area contributed by atoms with Crippen molar-refractivity contribution in [2.45, 2.75) is 32.1 Å². The molecule has 2 aromatic rings. The molecule has 0 saturated carbocycles. The third-order valence-electron chi connectivity index (χ3n) is 4.48. The van der Waals surface area contributed by atoms with Gasteiger partial charge in [0.1, 0.15) is 11.5 Å². The van der Waals surface area contributed by atoms with Gasteiger partial charge in [0.05, 0.1) is 6.26 Å². The summed E-state index contributed by atoms with van der Waals surface area (Å²) in [6.45, 7) is 0.543. The maximum atomic E-state index is 12.6. The highest BCUT2D eigenvalue weighted by atomic mass is 16.3. The monoisotopic (exact) mass is 364 g/mol. The molecule has 1 aliphatic rings. The minimum atomic E-state index is -0.335. The lowest BCUT2D eigenvalue weighted by atomic mass is 9.97. The zero-order valence-corrected chi connectivity index (χ0v) is 15.2. The van der Waals surface area contributed by atoms with Gasteiger partial charge in [-0.15, -0.1) is 0 Å². The Labute approximate surface area is 159 Å². The number of carbonyl (C=O) groups is 2. The standard InChI is InChI=1S/C22H24N2O3/c25-21(18-10-5-2-6-11-18)24-20(16-19-12-7-15-27-19)22(26)23-14-13-17-8-3-1-4-9-17/h2,5-8,10-12,15-16H,1,3-4,9,13-14H2,(H,23,26)(H,24,25)/b20-16+. The quantitative estimate of drug-likeness (QED) is 0.575. The molecule has 5 heteroatoms. The van der Waals surface area contributed by atoms with Crippen LogP contribution < -0.4 is 10.6 Å². The second-order valence-electron chi connectivity index (χ2n) is 6.51. The Balaban J connectivity index is 1.65. The molecule has 2 N–H and O–H groups in total. The van der Waals surface area contributed by atoms with E-state index in [1.165, 1.54) is 30.8 Å². The first-order valence-electron chi connectivity index (χ1n) is 9.30. The number of benzene rings is 1. The zero-order valence-electron chi connectivity index (χ0n) is 15.2. The van der Waals surface area contributed by atoms with Gasteiger partial charge in [0.15, 0.2) is 0 Å². The van der Waals surface area contributed by atoms with Crippen molar-refractivity contribution < 1.29 is 14.0 Å². The van der Waals surface area contributed by atoms with E-state index in [4.69, 9.17) is 4.42 Å². The molecular formula is C22H24N2O3. The predicted molar refractivity (Wildman–Crippen MR) is 105 cm³/mol. The van der Waals surface area contributed by atoms with Crippen molar-refractivity contribution in [1.29, 1.82) is 0 Å². The molecule has 3 rings (SSSR count). The van der Waals surface area contributed by atoms with Crippen LogP contribution in [0.1, 0.15) is 48.2 Å². The van der Waals surface area contributed by atoms with E-state index in [1.807, 2.05) is 6.07 Å². The normalized spacial score (nSPS) is 14.4. The lowest BCUT2D eigenvalue weighted by Crippen LogP contribution is -2.35. The molecule has 0 aliphatic heterocycles. The van der Waals surface area contributed by atoms with Crippen molar-refractivity contribution in [2.24, 2.45) is 0 Å². The van der Waals surface area contributed by atoms with Crippen molar-refractivity contribution in [3.8, 4) is 0 Å². The summed E-state index contributed by atoms with van der Waals surface area (Å²) < 4.78 is 5.28. The topological polar surface area (TPSA) is 71.3 Å². The number of rotatable bonds is 7. The maximum Gasteiger partial charge on any atom is 0.267 e. The molecule has 0 unspecified atom stereocenters. The second-order valence-corrected chi connectivity index (χ2v) is 6.51. The lowest BCUT2D eigenvalue weighted by molar-refractivity contribution is -0.117. The Hall–Kier alpha value is -3.08. The van der Waals surface area contributed by atoms with Crippen LogP contribution in [0.3, 0.4) is 0 Å². The average molecular weight is 364 g/mol. The van der Waals surface area contributed by atoms with E-state index in [1.54, 1.807) is 36.4 Å². The Bertz CT molecular complexity index is 821. The van der Waals surface area contributed by atoms with Crippen molar-refractivity contribution in [3.63, 3.8) is 0 Å². The molecule has 0 atom stereocenters. The Morgan fingerprint density at radius 3 is 2.63 bits per heavy atom. The molecule has 140 valence electrons. The van der Waals surface area contributed by atoms with Gasteiger partial charge in [-0.3, -0.25) is 9.59 Å². The van der Waals surface area contributed by atoms with Gasteiger partial charge in [-0.2, -0.15) is 0 Å². The number of allylic oxidation sites excluding steroid dienone is 1. The van der Waals surface area contributed by atoms with Crippen molar-refractivity contribution >= 4 is 17.9 Å². The van der Waals surface area contributed by atoms with E-state index in [9.17, 15) is 9.59 Å². The summed E-state index contributed by atoms with van der Waals surface area (Å²) >= 11 is 0. The van der Waals surface area contributed by atoms with Crippen LogP contribution >= 0.6 is 0 Å². The fourth-order valence-electron chi connectivity index (χ4n) is 3.02. The summed E-state index contributed by atoms with van der Waals surface area (Å²) in [6.07, 6.45) is 10.9. The molecule has 0 saturated heterocycles. The molecular weight excluding hydrogens is 340 g/mol. The van der Waals surface area contributed by atoms with Crippen LogP contribution in [0.25, 0.3) is 6.08 Å². The fourth-order valence-corrected chi connectivity index (χ4v) is 3.02. The molecule has 1 heterocycles. The van der Waals surface area contributed by atoms with Gasteiger partial charge in [-0.25, -0.2) is 0 Å². The van der Waals surface area contributed by atoms with Crippen LogP contribution in [0.5, 0.6) is 0 Å². The first-order valence-corrected chi connectivity index (χ1v) is 9.30. The third-order valence-corrected chi connectivity index (χ3v) is 4.48. The Morgan fingerprint density at radius 1 is 1.07 bits per heavy atom. The summed E-state index contributed by atoms with van der Waals surface area (Å²) in [4.78, 5) is 25.1. The number of hydrogen-bond donors (Lipinski definition) is 2. The van der Waals surface area contributed by atoms with Crippen LogP contribution in [0.15, 0.2) is 70.5 Å². The molecule has 27 heavy (non-hydrogen) atoms. The largest absolute Gasteiger partial charge is 0.465 e. The summed E-state index contributed by atoms with van der Waals surface area (Å²) in [5.41, 5.74) is 2.05. The molecule has 2 amide bonds. The summed E-state index contributed by atoms with van der Waals surface area (Å²) in [5, 5.41) is 5.59.